The molecular formula is C16H33N3O. The van der Waals surface area contributed by atoms with Gasteiger partial charge < -0.3 is 10.2 Å². The van der Waals surface area contributed by atoms with Gasteiger partial charge in [0, 0.05) is 19.1 Å². The first-order valence-corrected chi connectivity index (χ1v) is 8.17. The van der Waals surface area contributed by atoms with E-state index < -0.39 is 0 Å². The Morgan fingerprint density at radius 1 is 1.30 bits per heavy atom. The quantitative estimate of drug-likeness (QED) is 0.776. The molecule has 0 aromatic heterocycles. The monoisotopic (exact) mass is 283 g/mol. The van der Waals surface area contributed by atoms with Gasteiger partial charge in [0.2, 0.25) is 5.91 Å². The number of likely N-dealkylation sites (N-methyl/N-ethyl adjacent to an activating group) is 1. The summed E-state index contributed by atoms with van der Waals surface area (Å²) in [5.74, 6) is 1.01. The highest BCUT2D eigenvalue weighted by Crippen LogP contribution is 2.20. The molecule has 1 aliphatic rings. The van der Waals surface area contributed by atoms with Crippen molar-refractivity contribution in [3.05, 3.63) is 0 Å². The standard InChI is InChI=1S/C16H33N3O/c1-6-9-17-14(4)15-7-10-19(11-8-15)12-16(20)18(5)13(2)3/h13-15,17H,6-12H2,1-5H3. The number of carbonyl (C=O) groups is 1. The maximum Gasteiger partial charge on any atom is 0.236 e. The molecule has 118 valence electrons. The predicted octanol–water partition coefficient (Wildman–Crippen LogP) is 1.95. The number of hydrogen-bond acceptors (Lipinski definition) is 3. The zero-order valence-corrected chi connectivity index (χ0v) is 14.0. The Labute approximate surface area is 124 Å². The molecule has 20 heavy (non-hydrogen) atoms. The number of piperidine rings is 1. The van der Waals surface area contributed by atoms with Crippen molar-refractivity contribution in [1.29, 1.82) is 0 Å². The summed E-state index contributed by atoms with van der Waals surface area (Å²) in [6, 6.07) is 0.893. The van der Waals surface area contributed by atoms with E-state index in [1.54, 1.807) is 0 Å². The highest BCUT2D eigenvalue weighted by molar-refractivity contribution is 5.78. The molecule has 1 saturated heterocycles. The first kappa shape index (κ1) is 17.4. The minimum absolute atomic E-state index is 0.246. The Hall–Kier alpha value is -0.610. The van der Waals surface area contributed by atoms with E-state index in [0.29, 0.717) is 18.6 Å². The first-order chi connectivity index (χ1) is 9.45. The van der Waals surface area contributed by atoms with Crippen LogP contribution in [0.15, 0.2) is 0 Å². The number of rotatable bonds is 7. The van der Waals surface area contributed by atoms with Gasteiger partial charge in [-0.1, -0.05) is 6.92 Å². The Morgan fingerprint density at radius 2 is 1.90 bits per heavy atom. The van der Waals surface area contributed by atoms with Crippen molar-refractivity contribution in [3.63, 3.8) is 0 Å². The van der Waals surface area contributed by atoms with Crippen molar-refractivity contribution in [2.24, 2.45) is 5.92 Å². The van der Waals surface area contributed by atoms with Crippen molar-refractivity contribution >= 4 is 5.91 Å². The number of amides is 1. The highest BCUT2D eigenvalue weighted by atomic mass is 16.2. The lowest BCUT2D eigenvalue weighted by molar-refractivity contribution is -0.132. The fourth-order valence-corrected chi connectivity index (χ4v) is 2.74. The topological polar surface area (TPSA) is 35.6 Å². The van der Waals surface area contributed by atoms with E-state index >= 15 is 0 Å². The zero-order chi connectivity index (χ0) is 15.1. The largest absolute Gasteiger partial charge is 0.342 e. The lowest BCUT2D eigenvalue weighted by Crippen LogP contribution is -2.46. The summed E-state index contributed by atoms with van der Waals surface area (Å²) in [6.07, 6.45) is 3.60. The van der Waals surface area contributed by atoms with Crippen molar-refractivity contribution in [2.45, 2.75) is 59.0 Å². The van der Waals surface area contributed by atoms with E-state index in [0.717, 1.165) is 25.6 Å². The predicted molar refractivity (Wildman–Crippen MR) is 84.8 cm³/mol. The summed E-state index contributed by atoms with van der Waals surface area (Å²) >= 11 is 0. The van der Waals surface area contributed by atoms with Crippen molar-refractivity contribution in [1.82, 2.24) is 15.1 Å². The van der Waals surface area contributed by atoms with Crippen LogP contribution in [0.3, 0.4) is 0 Å². The molecule has 1 fully saturated rings. The molecule has 4 nitrogen and oxygen atoms in total. The summed E-state index contributed by atoms with van der Waals surface area (Å²) in [7, 11) is 1.90. The smallest absolute Gasteiger partial charge is 0.236 e. The van der Waals surface area contributed by atoms with E-state index in [9.17, 15) is 4.79 Å². The van der Waals surface area contributed by atoms with Crippen molar-refractivity contribution < 1.29 is 4.79 Å². The molecule has 1 rings (SSSR count). The van der Waals surface area contributed by atoms with Gasteiger partial charge in [-0.15, -0.1) is 0 Å². The second kappa shape index (κ2) is 8.63. The molecule has 1 heterocycles. The van der Waals surface area contributed by atoms with E-state index in [2.05, 4.69) is 37.9 Å². The number of likely N-dealkylation sites (tertiary alicyclic amines) is 1. The maximum absolute atomic E-state index is 12.1. The van der Waals surface area contributed by atoms with Crippen LogP contribution in [0.4, 0.5) is 0 Å². The van der Waals surface area contributed by atoms with E-state index in [1.165, 1.54) is 19.3 Å². The van der Waals surface area contributed by atoms with Crippen molar-refractivity contribution in [3.8, 4) is 0 Å². The summed E-state index contributed by atoms with van der Waals surface area (Å²) in [5, 5.41) is 3.60. The van der Waals surface area contributed by atoms with Crippen LogP contribution in [-0.4, -0.2) is 61.0 Å². The van der Waals surface area contributed by atoms with Crippen LogP contribution in [0.25, 0.3) is 0 Å². The molecule has 1 amide bonds. The molecule has 0 aliphatic carbocycles. The van der Waals surface area contributed by atoms with E-state index in [1.807, 2.05) is 11.9 Å². The molecule has 0 spiro atoms. The van der Waals surface area contributed by atoms with E-state index in [4.69, 9.17) is 0 Å². The third kappa shape index (κ3) is 5.41. The molecule has 1 N–H and O–H groups in total. The highest BCUT2D eigenvalue weighted by Gasteiger charge is 2.25. The van der Waals surface area contributed by atoms with Gasteiger partial charge in [-0.25, -0.2) is 0 Å². The number of hydrogen-bond donors (Lipinski definition) is 1. The Kier molecular flexibility index (Phi) is 7.52. The maximum atomic E-state index is 12.1. The van der Waals surface area contributed by atoms with Gasteiger partial charge in [0.25, 0.3) is 0 Å². The SMILES string of the molecule is CCCNC(C)C1CCN(CC(=O)N(C)C(C)C)CC1. The summed E-state index contributed by atoms with van der Waals surface area (Å²) in [6.45, 7) is 12.4. The van der Waals surface area contributed by atoms with Gasteiger partial charge in [-0.3, -0.25) is 9.69 Å². The second-order valence-corrected chi connectivity index (χ2v) is 6.45. The lowest BCUT2D eigenvalue weighted by Gasteiger charge is -2.35. The third-order valence-electron chi connectivity index (χ3n) is 4.58. The minimum Gasteiger partial charge on any atom is -0.342 e. The van der Waals surface area contributed by atoms with Crippen LogP contribution in [0.5, 0.6) is 0 Å². The minimum atomic E-state index is 0.246. The van der Waals surface area contributed by atoms with Crippen molar-refractivity contribution in [2.75, 3.05) is 33.2 Å². The van der Waals surface area contributed by atoms with Crippen LogP contribution in [0.2, 0.25) is 0 Å². The third-order valence-corrected chi connectivity index (χ3v) is 4.58. The fourth-order valence-electron chi connectivity index (χ4n) is 2.74. The van der Waals surface area contributed by atoms with Crippen LogP contribution < -0.4 is 5.32 Å². The second-order valence-electron chi connectivity index (χ2n) is 6.45. The average Bonchev–Trinajstić information content (AvgIpc) is 2.44. The van der Waals surface area contributed by atoms with Gasteiger partial charge >= 0.3 is 0 Å². The Bertz CT molecular complexity index is 285. The van der Waals surface area contributed by atoms with Gasteiger partial charge in [0.1, 0.15) is 0 Å². The van der Waals surface area contributed by atoms with Gasteiger partial charge in [-0.05, 0) is 65.6 Å². The Balaban J connectivity index is 2.30. The van der Waals surface area contributed by atoms with Gasteiger partial charge in [0.15, 0.2) is 0 Å². The molecule has 0 aromatic carbocycles. The molecular weight excluding hydrogens is 250 g/mol. The first-order valence-electron chi connectivity index (χ1n) is 8.17. The Morgan fingerprint density at radius 3 is 2.40 bits per heavy atom. The fraction of sp³-hybridized carbons (Fsp3) is 0.938. The number of nitrogens with zero attached hydrogens (tertiary/aromatic N) is 2. The van der Waals surface area contributed by atoms with Crippen LogP contribution in [0, 0.1) is 5.92 Å². The summed E-state index contributed by atoms with van der Waals surface area (Å²) < 4.78 is 0. The average molecular weight is 283 g/mol. The normalized spacial score (nSPS) is 19.3. The molecule has 0 radical (unpaired) electrons. The number of nitrogens with one attached hydrogen (secondary N) is 1. The van der Waals surface area contributed by atoms with E-state index in [-0.39, 0.29) is 5.91 Å². The van der Waals surface area contributed by atoms with Gasteiger partial charge in [-0.2, -0.15) is 0 Å². The molecule has 4 heteroatoms. The number of carbonyl (C=O) groups excluding carboxylic acids is 1. The summed E-state index contributed by atoms with van der Waals surface area (Å²) in [5.41, 5.74) is 0. The zero-order valence-electron chi connectivity index (χ0n) is 14.0. The van der Waals surface area contributed by atoms with Crippen LogP contribution in [0.1, 0.15) is 47.0 Å². The lowest BCUT2D eigenvalue weighted by atomic mass is 9.90. The molecule has 0 saturated carbocycles. The molecule has 0 aromatic rings. The van der Waals surface area contributed by atoms with Gasteiger partial charge in [0.05, 0.1) is 6.54 Å². The summed E-state index contributed by atoms with van der Waals surface area (Å²) in [4.78, 5) is 16.2. The molecule has 1 unspecified atom stereocenters. The molecule has 0 bridgehead atoms. The van der Waals surface area contributed by atoms with Crippen LogP contribution >= 0.6 is 0 Å². The molecule has 1 atom stereocenters. The molecule has 1 aliphatic heterocycles. The van der Waals surface area contributed by atoms with Crippen LogP contribution in [-0.2, 0) is 4.79 Å².